The molecule has 0 aliphatic carbocycles. The Hall–Kier alpha value is -2.44. The molecule has 0 spiro atoms. The molecule has 0 unspecified atom stereocenters. The second-order valence-corrected chi connectivity index (χ2v) is 6.56. The molecule has 0 aromatic carbocycles. The van der Waals surface area contributed by atoms with Crippen LogP contribution in [0.4, 0.5) is 0 Å². The van der Waals surface area contributed by atoms with Crippen molar-refractivity contribution in [3.05, 3.63) is 45.4 Å². The van der Waals surface area contributed by atoms with Crippen LogP contribution in [0.15, 0.2) is 16.9 Å². The van der Waals surface area contributed by atoms with Crippen LogP contribution in [-0.4, -0.2) is 43.2 Å². The second kappa shape index (κ2) is 6.22. The molecular weight excluding hydrogens is 306 g/mol. The summed E-state index contributed by atoms with van der Waals surface area (Å²) in [6.07, 6.45) is 0.883. The molecule has 0 saturated carbocycles. The summed E-state index contributed by atoms with van der Waals surface area (Å²) >= 11 is 0. The highest BCUT2D eigenvalue weighted by atomic mass is 16.2. The van der Waals surface area contributed by atoms with E-state index in [1.54, 1.807) is 6.92 Å². The average Bonchev–Trinajstić information content (AvgIpc) is 3.09. The minimum atomic E-state index is -0.366. The first-order chi connectivity index (χ1) is 11.3. The van der Waals surface area contributed by atoms with Crippen molar-refractivity contribution in [3.63, 3.8) is 0 Å². The SMILES string of the molecule is Cc1cc(C)n(CC(=O)N2CC[C@@H](n3nc(C)cc3C)C2)c(=O)n1. The quantitative estimate of drug-likeness (QED) is 0.847. The van der Waals surface area contributed by atoms with Gasteiger partial charge in [0.25, 0.3) is 0 Å². The van der Waals surface area contributed by atoms with Gasteiger partial charge in [0.05, 0.1) is 11.7 Å². The summed E-state index contributed by atoms with van der Waals surface area (Å²) in [6.45, 7) is 8.98. The molecule has 0 bridgehead atoms. The molecule has 3 rings (SSSR count). The Balaban J connectivity index is 1.71. The summed E-state index contributed by atoms with van der Waals surface area (Å²) in [4.78, 5) is 30.3. The number of hydrogen-bond donors (Lipinski definition) is 0. The van der Waals surface area contributed by atoms with Gasteiger partial charge >= 0.3 is 5.69 Å². The highest BCUT2D eigenvalue weighted by molar-refractivity contribution is 5.76. The fourth-order valence-electron chi connectivity index (χ4n) is 3.39. The van der Waals surface area contributed by atoms with Gasteiger partial charge in [-0.1, -0.05) is 0 Å². The van der Waals surface area contributed by atoms with E-state index in [0.717, 1.165) is 23.5 Å². The van der Waals surface area contributed by atoms with E-state index in [1.165, 1.54) is 4.57 Å². The molecule has 0 radical (unpaired) electrons. The Morgan fingerprint density at radius 3 is 2.50 bits per heavy atom. The van der Waals surface area contributed by atoms with Crippen LogP contribution in [0.1, 0.15) is 35.2 Å². The molecular formula is C17H23N5O2. The van der Waals surface area contributed by atoms with Crippen molar-refractivity contribution in [3.8, 4) is 0 Å². The van der Waals surface area contributed by atoms with Gasteiger partial charge in [0.15, 0.2) is 0 Å². The number of carbonyl (C=O) groups is 1. The molecule has 0 N–H and O–H groups in total. The third-order valence-corrected chi connectivity index (χ3v) is 4.55. The maximum absolute atomic E-state index is 12.6. The summed E-state index contributed by atoms with van der Waals surface area (Å²) in [5, 5.41) is 4.52. The molecule has 1 aliphatic rings. The lowest BCUT2D eigenvalue weighted by molar-refractivity contribution is -0.131. The van der Waals surface area contributed by atoms with Gasteiger partial charge in [-0.2, -0.15) is 10.1 Å². The Kier molecular flexibility index (Phi) is 4.26. The van der Waals surface area contributed by atoms with Crippen molar-refractivity contribution < 1.29 is 4.79 Å². The van der Waals surface area contributed by atoms with Crippen LogP contribution in [-0.2, 0) is 11.3 Å². The Morgan fingerprint density at radius 1 is 1.17 bits per heavy atom. The predicted octanol–water partition coefficient (Wildman–Crippen LogP) is 1.15. The normalized spacial score (nSPS) is 17.5. The molecule has 128 valence electrons. The van der Waals surface area contributed by atoms with E-state index in [0.29, 0.717) is 18.8 Å². The molecule has 1 atom stereocenters. The number of amides is 1. The molecule has 2 aromatic rings. The van der Waals surface area contributed by atoms with Crippen LogP contribution in [0.5, 0.6) is 0 Å². The van der Waals surface area contributed by atoms with Crippen LogP contribution < -0.4 is 5.69 Å². The van der Waals surface area contributed by atoms with Gasteiger partial charge in [-0.15, -0.1) is 0 Å². The Labute approximate surface area is 140 Å². The van der Waals surface area contributed by atoms with E-state index in [4.69, 9.17) is 0 Å². The van der Waals surface area contributed by atoms with Crippen molar-refractivity contribution in [1.82, 2.24) is 24.2 Å². The summed E-state index contributed by atoms with van der Waals surface area (Å²) in [5.74, 6) is -0.0464. The molecule has 3 heterocycles. The van der Waals surface area contributed by atoms with Gasteiger partial charge in [-0.25, -0.2) is 4.79 Å². The second-order valence-electron chi connectivity index (χ2n) is 6.56. The molecule has 7 heteroatoms. The summed E-state index contributed by atoms with van der Waals surface area (Å²) in [6, 6.07) is 4.07. The summed E-state index contributed by atoms with van der Waals surface area (Å²) in [7, 11) is 0. The van der Waals surface area contributed by atoms with Crippen molar-refractivity contribution in [2.24, 2.45) is 0 Å². The molecule has 7 nitrogen and oxygen atoms in total. The van der Waals surface area contributed by atoms with E-state index >= 15 is 0 Å². The number of nitrogens with zero attached hydrogens (tertiary/aromatic N) is 5. The van der Waals surface area contributed by atoms with Gasteiger partial charge in [0.1, 0.15) is 6.54 Å². The van der Waals surface area contributed by atoms with Gasteiger partial charge in [-0.05, 0) is 46.2 Å². The van der Waals surface area contributed by atoms with E-state index in [2.05, 4.69) is 10.1 Å². The number of aromatic nitrogens is 4. The van der Waals surface area contributed by atoms with Crippen LogP contribution >= 0.6 is 0 Å². The van der Waals surface area contributed by atoms with Crippen LogP contribution in [0.2, 0.25) is 0 Å². The number of aryl methyl sites for hydroxylation is 4. The molecule has 1 amide bonds. The number of carbonyl (C=O) groups excluding carboxylic acids is 1. The van der Waals surface area contributed by atoms with Crippen molar-refractivity contribution in [2.45, 2.75) is 46.7 Å². The predicted molar refractivity (Wildman–Crippen MR) is 89.9 cm³/mol. The van der Waals surface area contributed by atoms with Gasteiger partial charge < -0.3 is 4.90 Å². The van der Waals surface area contributed by atoms with Crippen molar-refractivity contribution in [1.29, 1.82) is 0 Å². The number of rotatable bonds is 3. The molecule has 1 saturated heterocycles. The standard InChI is InChI=1S/C17H23N5O2/c1-11-7-13(3)21(17(24)18-11)10-16(23)20-6-5-15(9-20)22-14(4)8-12(2)19-22/h7-8,15H,5-6,9-10H2,1-4H3/t15-/m1/s1. The lowest BCUT2D eigenvalue weighted by Crippen LogP contribution is -2.37. The zero-order chi connectivity index (χ0) is 17.4. The van der Waals surface area contributed by atoms with Crippen molar-refractivity contribution in [2.75, 3.05) is 13.1 Å². The van der Waals surface area contributed by atoms with Crippen LogP contribution in [0.25, 0.3) is 0 Å². The maximum atomic E-state index is 12.6. The molecule has 24 heavy (non-hydrogen) atoms. The lowest BCUT2D eigenvalue weighted by atomic mass is 10.2. The highest BCUT2D eigenvalue weighted by Crippen LogP contribution is 2.23. The van der Waals surface area contributed by atoms with Gasteiger partial charge in [0, 0.05) is 30.2 Å². The van der Waals surface area contributed by atoms with Crippen LogP contribution in [0.3, 0.4) is 0 Å². The van der Waals surface area contributed by atoms with E-state index in [-0.39, 0.29) is 24.2 Å². The van der Waals surface area contributed by atoms with Crippen molar-refractivity contribution >= 4 is 5.91 Å². The topological polar surface area (TPSA) is 73.0 Å². The largest absolute Gasteiger partial charge is 0.348 e. The minimum absolute atomic E-state index is 0.0434. The summed E-state index contributed by atoms with van der Waals surface area (Å²) < 4.78 is 3.44. The van der Waals surface area contributed by atoms with Gasteiger partial charge in [-0.3, -0.25) is 14.0 Å². The van der Waals surface area contributed by atoms with E-state index in [9.17, 15) is 9.59 Å². The minimum Gasteiger partial charge on any atom is -0.339 e. The number of hydrogen-bond acceptors (Lipinski definition) is 4. The third kappa shape index (κ3) is 3.11. The Bertz CT molecular complexity index is 836. The van der Waals surface area contributed by atoms with Gasteiger partial charge in [0.2, 0.25) is 5.91 Å². The zero-order valence-electron chi connectivity index (χ0n) is 14.6. The smallest absolute Gasteiger partial charge is 0.339 e. The highest BCUT2D eigenvalue weighted by Gasteiger charge is 2.29. The maximum Gasteiger partial charge on any atom is 0.348 e. The molecule has 1 aliphatic heterocycles. The molecule has 1 fully saturated rings. The van der Waals surface area contributed by atoms with E-state index < -0.39 is 0 Å². The first-order valence-corrected chi connectivity index (χ1v) is 8.21. The zero-order valence-corrected chi connectivity index (χ0v) is 14.6. The number of likely N-dealkylation sites (tertiary alicyclic amines) is 1. The first kappa shape index (κ1) is 16.4. The summed E-state index contributed by atoms with van der Waals surface area (Å²) in [5.41, 5.74) is 3.17. The van der Waals surface area contributed by atoms with Crippen LogP contribution in [0, 0.1) is 27.7 Å². The monoisotopic (exact) mass is 329 g/mol. The Morgan fingerprint density at radius 2 is 1.88 bits per heavy atom. The average molecular weight is 329 g/mol. The molecule has 2 aromatic heterocycles. The first-order valence-electron chi connectivity index (χ1n) is 8.21. The third-order valence-electron chi connectivity index (χ3n) is 4.55. The lowest BCUT2D eigenvalue weighted by Gasteiger charge is -2.18. The fraction of sp³-hybridized carbons (Fsp3) is 0.529. The van der Waals surface area contributed by atoms with E-state index in [1.807, 2.05) is 42.5 Å². The fourth-order valence-corrected chi connectivity index (χ4v) is 3.39.